The lowest BCUT2D eigenvalue weighted by molar-refractivity contribution is -0.417. The highest BCUT2D eigenvalue weighted by atomic mass is 127. The second-order valence-corrected chi connectivity index (χ2v) is 8.55. The predicted octanol–water partition coefficient (Wildman–Crippen LogP) is 6.84. The quantitative estimate of drug-likeness (QED) is 0.139. The average Bonchev–Trinajstić information content (AvgIpc) is 2.55. The van der Waals surface area contributed by atoms with Crippen molar-refractivity contribution in [2.45, 2.75) is 51.8 Å². The minimum atomic E-state index is -7.69. The van der Waals surface area contributed by atoms with E-state index in [2.05, 4.69) is 11.6 Å². The first-order chi connectivity index (χ1) is 13.5. The summed E-state index contributed by atoms with van der Waals surface area (Å²) in [6, 6.07) is 2.60. The smallest absolute Gasteiger partial charge is 0.393 e. The number of hydrogen-bond donors (Lipinski definition) is 2. The minimum absolute atomic E-state index is 0.330. The molecular formula is C15H10ClF12IO2. The monoisotopic (exact) mass is 612 g/mol. The van der Waals surface area contributed by atoms with Gasteiger partial charge in [-0.1, -0.05) is 22.6 Å². The highest BCUT2D eigenvalue weighted by molar-refractivity contribution is 14.1. The van der Waals surface area contributed by atoms with Crippen molar-refractivity contribution < 1.29 is 62.9 Å². The Labute approximate surface area is 184 Å². The van der Waals surface area contributed by atoms with Gasteiger partial charge in [0.25, 0.3) is 0 Å². The van der Waals surface area contributed by atoms with Crippen molar-refractivity contribution in [3.63, 3.8) is 0 Å². The van der Waals surface area contributed by atoms with Crippen LogP contribution in [0.15, 0.2) is 18.2 Å². The summed E-state index contributed by atoms with van der Waals surface area (Å²) in [6.45, 7) is 0. The van der Waals surface area contributed by atoms with E-state index >= 15 is 0 Å². The predicted molar refractivity (Wildman–Crippen MR) is 91.4 cm³/mol. The summed E-state index contributed by atoms with van der Waals surface area (Å²) in [7, 11) is 0. The van der Waals surface area contributed by atoms with Gasteiger partial charge in [-0.2, -0.15) is 52.7 Å². The number of aromatic hydroxyl groups is 2. The van der Waals surface area contributed by atoms with Gasteiger partial charge >= 0.3 is 35.0 Å². The van der Waals surface area contributed by atoms with Crippen molar-refractivity contribution in [3.8, 4) is 11.5 Å². The first kappa shape index (κ1) is 28.0. The number of benzene rings is 1. The van der Waals surface area contributed by atoms with Crippen LogP contribution < -0.4 is 0 Å². The summed E-state index contributed by atoms with van der Waals surface area (Å²) in [5, 5.41) is 12.3. The largest absolute Gasteiger partial charge is 0.508 e. The van der Waals surface area contributed by atoms with Crippen molar-refractivity contribution in [2.24, 2.45) is 0 Å². The van der Waals surface area contributed by atoms with Gasteiger partial charge in [0, 0.05) is 10.3 Å². The van der Waals surface area contributed by atoms with Crippen LogP contribution in [-0.4, -0.2) is 49.1 Å². The number of hydrogen-bond acceptors (Lipinski definition) is 2. The zero-order valence-electron chi connectivity index (χ0n) is 14.4. The number of rotatable bonds is 9. The molecule has 16 heteroatoms. The van der Waals surface area contributed by atoms with Gasteiger partial charge in [0.1, 0.15) is 11.5 Å². The third-order valence-corrected chi connectivity index (χ3v) is 5.10. The first-order valence-corrected chi connectivity index (χ1v) is 9.26. The Morgan fingerprint density at radius 1 is 0.774 bits per heavy atom. The Morgan fingerprint density at radius 2 is 1.23 bits per heavy atom. The normalized spacial score (nSPS) is 15.8. The van der Waals surface area contributed by atoms with E-state index in [-0.39, 0.29) is 5.56 Å². The summed E-state index contributed by atoms with van der Waals surface area (Å²) in [5.74, 6) is -37.2. The Hall–Kier alpha value is -1.00. The lowest BCUT2D eigenvalue weighted by Crippen LogP contribution is -2.70. The molecule has 0 bridgehead atoms. The molecule has 0 aromatic heterocycles. The fourth-order valence-electron chi connectivity index (χ4n) is 2.25. The van der Waals surface area contributed by atoms with Gasteiger partial charge in [-0.3, -0.25) is 0 Å². The van der Waals surface area contributed by atoms with Crippen LogP contribution in [0.3, 0.4) is 0 Å². The molecule has 1 rings (SSSR count). The van der Waals surface area contributed by atoms with E-state index in [1.165, 1.54) is 0 Å². The van der Waals surface area contributed by atoms with Crippen molar-refractivity contribution in [3.05, 3.63) is 23.8 Å². The number of halogens is 14. The molecule has 0 spiro atoms. The van der Waals surface area contributed by atoms with Crippen molar-refractivity contribution in [1.29, 1.82) is 0 Å². The summed E-state index contributed by atoms with van der Waals surface area (Å²) in [5.41, 5.74) is -0.330. The van der Waals surface area contributed by atoms with Gasteiger partial charge in [-0.25, -0.2) is 0 Å². The van der Waals surface area contributed by atoms with Gasteiger partial charge in [-0.15, -0.1) is 0 Å². The Bertz CT molecular complexity index is 797. The summed E-state index contributed by atoms with van der Waals surface area (Å²) < 4.78 is 158. The average molecular weight is 613 g/mol. The molecule has 2 nitrogen and oxygen atoms in total. The second kappa shape index (κ2) is 8.41. The third kappa shape index (κ3) is 4.85. The first-order valence-electron chi connectivity index (χ1n) is 7.63. The van der Waals surface area contributed by atoms with E-state index in [0.29, 0.717) is 0 Å². The molecule has 2 N–H and O–H groups in total. The Balaban J connectivity index is 3.25. The molecule has 0 radical (unpaired) electrons. The second-order valence-electron chi connectivity index (χ2n) is 6.32. The zero-order chi connectivity index (χ0) is 24.8. The van der Waals surface area contributed by atoms with Gasteiger partial charge < -0.3 is 10.2 Å². The summed E-state index contributed by atoms with van der Waals surface area (Å²) in [6.07, 6.45) is -3.12. The van der Waals surface area contributed by atoms with Gasteiger partial charge in [0.2, 0.25) is 0 Å². The van der Waals surface area contributed by atoms with E-state index in [4.69, 9.17) is 0 Å². The molecule has 0 amide bonds. The lowest BCUT2D eigenvalue weighted by atomic mass is 9.91. The van der Waals surface area contributed by atoms with Crippen LogP contribution in [0.4, 0.5) is 52.7 Å². The molecule has 0 aliphatic rings. The molecule has 1 atom stereocenters. The SMILES string of the molecule is Oc1ccc(O)c(CC(I)CC(F)(F)C(F)(F)C(F)(F)C(F)(F)C(F)(F)C(F)(F)Cl)c1. The van der Waals surface area contributed by atoms with Crippen molar-refractivity contribution in [2.75, 3.05) is 0 Å². The molecule has 0 aliphatic carbocycles. The molecule has 1 aromatic carbocycles. The molecule has 31 heavy (non-hydrogen) atoms. The molecule has 0 aliphatic heterocycles. The molecule has 0 fully saturated rings. The molecule has 0 saturated heterocycles. The van der Waals surface area contributed by atoms with E-state index in [1.807, 2.05) is 0 Å². The maximum Gasteiger partial charge on any atom is 0.393 e. The van der Waals surface area contributed by atoms with Gasteiger partial charge in [0.15, 0.2) is 0 Å². The number of alkyl halides is 14. The number of phenolic OH excluding ortho intramolecular Hbond substituents is 2. The van der Waals surface area contributed by atoms with Crippen LogP contribution in [0.5, 0.6) is 11.5 Å². The Kier molecular flexibility index (Phi) is 7.60. The topological polar surface area (TPSA) is 40.5 Å². The third-order valence-electron chi connectivity index (χ3n) is 3.98. The van der Waals surface area contributed by atoms with E-state index in [1.54, 1.807) is 0 Å². The van der Waals surface area contributed by atoms with E-state index in [0.717, 1.165) is 40.8 Å². The van der Waals surface area contributed by atoms with Crippen LogP contribution in [0.1, 0.15) is 12.0 Å². The van der Waals surface area contributed by atoms with E-state index in [9.17, 15) is 62.9 Å². The Morgan fingerprint density at radius 3 is 1.68 bits per heavy atom. The fraction of sp³-hybridized carbons (Fsp3) is 0.600. The minimum Gasteiger partial charge on any atom is -0.508 e. The molecule has 1 aromatic rings. The van der Waals surface area contributed by atoms with Crippen LogP contribution in [0.2, 0.25) is 0 Å². The lowest BCUT2D eigenvalue weighted by Gasteiger charge is -2.40. The maximum atomic E-state index is 13.9. The standard InChI is InChI=1S/C15H10ClF12IO2/c16-15(27,28)14(25,26)13(23,24)12(21,22)11(19,20)10(17,18)5-7(29)3-6-4-8(30)1-2-9(6)31/h1-2,4,7,30-31H,3,5H2. The number of phenols is 2. The summed E-state index contributed by atoms with van der Waals surface area (Å²) >= 11 is 4.60. The molecular weight excluding hydrogens is 602 g/mol. The maximum absolute atomic E-state index is 13.9. The van der Waals surface area contributed by atoms with Crippen LogP contribution in [0, 0.1) is 0 Å². The summed E-state index contributed by atoms with van der Waals surface area (Å²) in [4.78, 5) is 0. The van der Waals surface area contributed by atoms with Crippen molar-refractivity contribution >= 4 is 34.2 Å². The molecule has 0 heterocycles. The van der Waals surface area contributed by atoms with Crippen LogP contribution >= 0.6 is 34.2 Å². The van der Waals surface area contributed by atoms with Gasteiger partial charge in [-0.05, 0) is 41.8 Å². The zero-order valence-corrected chi connectivity index (χ0v) is 17.3. The molecule has 180 valence electrons. The van der Waals surface area contributed by atoms with Gasteiger partial charge in [0.05, 0.1) is 0 Å². The van der Waals surface area contributed by atoms with Crippen LogP contribution in [0.25, 0.3) is 0 Å². The highest BCUT2D eigenvalue weighted by Crippen LogP contribution is 2.61. The van der Waals surface area contributed by atoms with E-state index < -0.39 is 63.3 Å². The highest BCUT2D eigenvalue weighted by Gasteiger charge is 2.89. The molecule has 0 saturated carbocycles. The van der Waals surface area contributed by atoms with Crippen molar-refractivity contribution in [1.82, 2.24) is 0 Å². The molecule has 1 unspecified atom stereocenters. The van der Waals surface area contributed by atoms with Crippen LogP contribution in [-0.2, 0) is 6.42 Å². The fourth-order valence-corrected chi connectivity index (χ4v) is 3.40.